The lowest BCUT2D eigenvalue weighted by Crippen LogP contribution is -2.62. The van der Waals surface area contributed by atoms with Gasteiger partial charge in [-0.15, -0.1) is 0 Å². The number of pyridine rings is 1. The molecule has 4 rings (SSSR count). The maximum atomic E-state index is 5.42. The van der Waals surface area contributed by atoms with E-state index in [1.807, 2.05) is 24.3 Å². The average molecular weight is 285 g/mol. The van der Waals surface area contributed by atoms with Gasteiger partial charge >= 0.3 is 0 Å². The van der Waals surface area contributed by atoms with Crippen molar-refractivity contribution in [1.29, 1.82) is 0 Å². The first kappa shape index (κ1) is 13.0. The number of nitrogens with zero attached hydrogens (tertiary/aromatic N) is 2. The van der Waals surface area contributed by atoms with E-state index in [2.05, 4.69) is 15.5 Å². The highest BCUT2D eigenvalue weighted by molar-refractivity contribution is 5.51. The first-order chi connectivity index (χ1) is 10.3. The monoisotopic (exact) mass is 285 g/mol. The molecule has 5 heteroatoms. The van der Waals surface area contributed by atoms with Gasteiger partial charge in [0.2, 0.25) is 0 Å². The van der Waals surface area contributed by atoms with Crippen molar-refractivity contribution in [2.75, 3.05) is 19.8 Å². The molecule has 0 atom stereocenters. The van der Waals surface area contributed by atoms with Gasteiger partial charge in [0.05, 0.1) is 24.4 Å². The van der Waals surface area contributed by atoms with Gasteiger partial charge in [0.15, 0.2) is 5.76 Å². The van der Waals surface area contributed by atoms with E-state index in [-0.39, 0.29) is 5.54 Å². The molecule has 0 amide bonds. The fourth-order valence-corrected chi connectivity index (χ4v) is 2.67. The van der Waals surface area contributed by atoms with Crippen LogP contribution in [0.15, 0.2) is 35.0 Å². The van der Waals surface area contributed by atoms with Crippen LogP contribution in [-0.4, -0.2) is 35.4 Å². The molecule has 2 aromatic heterocycles. The molecule has 0 spiro atoms. The van der Waals surface area contributed by atoms with Crippen LogP contribution in [0.25, 0.3) is 11.5 Å². The van der Waals surface area contributed by atoms with Crippen molar-refractivity contribution in [3.05, 3.63) is 36.2 Å². The summed E-state index contributed by atoms with van der Waals surface area (Å²) < 4.78 is 10.8. The quantitative estimate of drug-likeness (QED) is 0.880. The Morgan fingerprint density at radius 1 is 1.29 bits per heavy atom. The molecule has 5 nitrogen and oxygen atoms in total. The van der Waals surface area contributed by atoms with E-state index in [0.717, 1.165) is 49.2 Å². The standard InChI is InChI=1S/C16H19N3O2/c1-2-6-17-14(3-1)15-7-13(19-21-15)8-16(10-20-11-16)18-9-12-4-5-12/h1-3,6-7,12,18H,4-5,8-11H2. The van der Waals surface area contributed by atoms with Crippen LogP contribution >= 0.6 is 0 Å². The van der Waals surface area contributed by atoms with Gasteiger partial charge in [0.1, 0.15) is 5.69 Å². The molecule has 0 radical (unpaired) electrons. The summed E-state index contributed by atoms with van der Waals surface area (Å²) in [5.41, 5.74) is 1.82. The lowest BCUT2D eigenvalue weighted by Gasteiger charge is -2.42. The normalized spacial score (nSPS) is 20.2. The van der Waals surface area contributed by atoms with Crippen molar-refractivity contribution < 1.29 is 9.26 Å². The molecule has 2 fully saturated rings. The predicted octanol–water partition coefficient (Wildman–Crippen LogP) is 2.05. The summed E-state index contributed by atoms with van der Waals surface area (Å²) in [6, 6.07) is 7.76. The van der Waals surface area contributed by atoms with Gasteiger partial charge in [-0.1, -0.05) is 11.2 Å². The minimum Gasteiger partial charge on any atom is -0.377 e. The van der Waals surface area contributed by atoms with Crippen LogP contribution in [-0.2, 0) is 11.2 Å². The van der Waals surface area contributed by atoms with Crippen LogP contribution in [0.1, 0.15) is 18.5 Å². The topological polar surface area (TPSA) is 60.2 Å². The summed E-state index contributed by atoms with van der Waals surface area (Å²) in [6.07, 6.45) is 5.32. The molecular formula is C16H19N3O2. The van der Waals surface area contributed by atoms with E-state index in [1.54, 1.807) is 6.20 Å². The van der Waals surface area contributed by atoms with Crippen molar-refractivity contribution in [1.82, 2.24) is 15.5 Å². The van der Waals surface area contributed by atoms with Gasteiger partial charge in [-0.2, -0.15) is 0 Å². The van der Waals surface area contributed by atoms with E-state index in [0.29, 0.717) is 0 Å². The van der Waals surface area contributed by atoms with Gasteiger partial charge < -0.3 is 14.6 Å². The summed E-state index contributed by atoms with van der Waals surface area (Å²) >= 11 is 0. The van der Waals surface area contributed by atoms with E-state index in [4.69, 9.17) is 9.26 Å². The second-order valence-corrected chi connectivity index (χ2v) is 6.17. The predicted molar refractivity (Wildman–Crippen MR) is 77.7 cm³/mol. The minimum atomic E-state index is 0.0425. The molecule has 1 saturated heterocycles. The fourth-order valence-electron chi connectivity index (χ4n) is 2.67. The van der Waals surface area contributed by atoms with E-state index in [9.17, 15) is 0 Å². The molecular weight excluding hydrogens is 266 g/mol. The molecule has 0 unspecified atom stereocenters. The number of hydrogen-bond donors (Lipinski definition) is 1. The summed E-state index contributed by atoms with van der Waals surface area (Å²) in [4.78, 5) is 4.29. The first-order valence-electron chi connectivity index (χ1n) is 7.53. The second kappa shape index (κ2) is 5.24. The van der Waals surface area contributed by atoms with Crippen LogP contribution in [0, 0.1) is 5.92 Å². The molecule has 0 bridgehead atoms. The molecule has 110 valence electrons. The maximum Gasteiger partial charge on any atom is 0.185 e. The van der Waals surface area contributed by atoms with Crippen molar-refractivity contribution in [2.24, 2.45) is 5.92 Å². The van der Waals surface area contributed by atoms with Gasteiger partial charge in [0.25, 0.3) is 0 Å². The zero-order chi connectivity index (χ0) is 14.1. The van der Waals surface area contributed by atoms with Crippen molar-refractivity contribution in [3.63, 3.8) is 0 Å². The summed E-state index contributed by atoms with van der Waals surface area (Å²) in [7, 11) is 0. The second-order valence-electron chi connectivity index (χ2n) is 6.17. The molecule has 1 aliphatic carbocycles. The van der Waals surface area contributed by atoms with Gasteiger partial charge in [0, 0.05) is 18.7 Å². The number of nitrogens with one attached hydrogen (secondary N) is 1. The molecule has 1 saturated carbocycles. The summed E-state index contributed by atoms with van der Waals surface area (Å²) in [5, 5.41) is 7.86. The Labute approximate surface area is 123 Å². The Morgan fingerprint density at radius 2 is 2.19 bits per heavy atom. The van der Waals surface area contributed by atoms with Crippen LogP contribution in [0.5, 0.6) is 0 Å². The number of rotatable bonds is 6. The smallest absolute Gasteiger partial charge is 0.185 e. The highest BCUT2D eigenvalue weighted by atomic mass is 16.5. The molecule has 0 aromatic carbocycles. The van der Waals surface area contributed by atoms with Crippen molar-refractivity contribution in [2.45, 2.75) is 24.8 Å². The Kier molecular flexibility index (Phi) is 3.24. The third-order valence-corrected chi connectivity index (χ3v) is 4.22. The SMILES string of the molecule is c1ccc(-c2cc(CC3(NCC4CC4)COC3)no2)nc1. The third kappa shape index (κ3) is 2.84. The van der Waals surface area contributed by atoms with Gasteiger partial charge in [-0.3, -0.25) is 4.98 Å². The highest BCUT2D eigenvalue weighted by Gasteiger charge is 2.40. The highest BCUT2D eigenvalue weighted by Crippen LogP contribution is 2.30. The molecule has 1 aliphatic heterocycles. The molecule has 2 aromatic rings. The van der Waals surface area contributed by atoms with Crippen molar-refractivity contribution >= 4 is 0 Å². The van der Waals surface area contributed by atoms with Crippen LogP contribution in [0.4, 0.5) is 0 Å². The molecule has 2 aliphatic rings. The zero-order valence-electron chi connectivity index (χ0n) is 11.9. The van der Waals surface area contributed by atoms with Crippen molar-refractivity contribution in [3.8, 4) is 11.5 Å². The fraction of sp³-hybridized carbons (Fsp3) is 0.500. The van der Waals surface area contributed by atoms with Crippen LogP contribution in [0.3, 0.4) is 0 Å². The zero-order valence-corrected chi connectivity index (χ0v) is 11.9. The van der Waals surface area contributed by atoms with E-state index in [1.165, 1.54) is 12.8 Å². The molecule has 1 N–H and O–H groups in total. The first-order valence-corrected chi connectivity index (χ1v) is 7.53. The average Bonchev–Trinajstić information content (AvgIpc) is 3.20. The largest absolute Gasteiger partial charge is 0.377 e. The minimum absolute atomic E-state index is 0.0425. The lowest BCUT2D eigenvalue weighted by molar-refractivity contribution is -0.0748. The summed E-state index contributed by atoms with van der Waals surface area (Å²) in [6.45, 7) is 2.60. The van der Waals surface area contributed by atoms with Gasteiger partial charge in [-0.05, 0) is 37.4 Å². The Hall–Kier alpha value is -1.72. The van der Waals surface area contributed by atoms with Gasteiger partial charge in [-0.25, -0.2) is 0 Å². The van der Waals surface area contributed by atoms with E-state index < -0.39 is 0 Å². The molecule has 21 heavy (non-hydrogen) atoms. The number of aromatic nitrogens is 2. The Morgan fingerprint density at radius 3 is 2.86 bits per heavy atom. The maximum absolute atomic E-state index is 5.42. The number of ether oxygens (including phenoxy) is 1. The van der Waals surface area contributed by atoms with Crippen LogP contribution < -0.4 is 5.32 Å². The number of hydrogen-bond acceptors (Lipinski definition) is 5. The third-order valence-electron chi connectivity index (χ3n) is 4.22. The molecule has 3 heterocycles. The summed E-state index contributed by atoms with van der Waals surface area (Å²) in [5.74, 6) is 1.59. The Bertz CT molecular complexity index is 603. The van der Waals surface area contributed by atoms with Crippen LogP contribution in [0.2, 0.25) is 0 Å². The Balaban J connectivity index is 1.45. The van der Waals surface area contributed by atoms with E-state index >= 15 is 0 Å². The lowest BCUT2D eigenvalue weighted by atomic mass is 9.91.